The lowest BCUT2D eigenvalue weighted by Crippen LogP contribution is -2.32. The van der Waals surface area contributed by atoms with E-state index in [0.717, 1.165) is 19.3 Å². The molecule has 122 valence electrons. The van der Waals surface area contributed by atoms with Crippen LogP contribution in [0, 0.1) is 11.8 Å². The van der Waals surface area contributed by atoms with Crippen molar-refractivity contribution < 1.29 is 23.1 Å². The van der Waals surface area contributed by atoms with Crippen molar-refractivity contribution in [2.45, 2.75) is 45.4 Å². The fraction of sp³-hybridized carbons (Fsp3) is 0.857. The zero-order chi connectivity index (χ0) is 15.9. The number of carboxylic acids is 1. The van der Waals surface area contributed by atoms with Gasteiger partial charge in [0.1, 0.15) is 0 Å². The molecule has 2 unspecified atom stereocenters. The number of rotatable bonds is 9. The van der Waals surface area contributed by atoms with Crippen LogP contribution in [0.25, 0.3) is 0 Å². The Hall–Kier alpha value is -1.11. The standard InChI is InChI=1S/C14H25NO5S/c1-2-3-11(4-5-13(16)17)6-8-15-14(18)12-7-9-21(19,20)10-12/h11-12H,2-10H2,1H3,(H,15,18)(H,16,17). The summed E-state index contributed by atoms with van der Waals surface area (Å²) in [4.78, 5) is 22.5. The molecular weight excluding hydrogens is 294 g/mol. The molecule has 0 bridgehead atoms. The van der Waals surface area contributed by atoms with Crippen molar-refractivity contribution >= 4 is 21.7 Å². The number of nitrogens with one attached hydrogen (secondary N) is 1. The van der Waals surface area contributed by atoms with Crippen LogP contribution in [-0.2, 0) is 19.4 Å². The average Bonchev–Trinajstić information content (AvgIpc) is 2.76. The molecule has 0 spiro atoms. The molecule has 7 heteroatoms. The van der Waals surface area contributed by atoms with Gasteiger partial charge in [0.05, 0.1) is 17.4 Å². The van der Waals surface area contributed by atoms with Crippen molar-refractivity contribution in [3.8, 4) is 0 Å². The summed E-state index contributed by atoms with van der Waals surface area (Å²) in [6.45, 7) is 2.54. The summed E-state index contributed by atoms with van der Waals surface area (Å²) >= 11 is 0. The first-order chi connectivity index (χ1) is 9.84. The zero-order valence-corrected chi connectivity index (χ0v) is 13.3. The Morgan fingerprint density at radius 1 is 1.29 bits per heavy atom. The van der Waals surface area contributed by atoms with Gasteiger partial charge in [-0.3, -0.25) is 9.59 Å². The zero-order valence-electron chi connectivity index (χ0n) is 12.5. The first kappa shape index (κ1) is 17.9. The molecule has 0 aliphatic carbocycles. The number of sulfone groups is 1. The normalized spacial score (nSPS) is 21.9. The predicted molar refractivity (Wildman–Crippen MR) is 79.7 cm³/mol. The summed E-state index contributed by atoms with van der Waals surface area (Å²) in [5.74, 6) is -1.06. The first-order valence-corrected chi connectivity index (χ1v) is 9.36. The van der Waals surface area contributed by atoms with Gasteiger partial charge in [-0.25, -0.2) is 8.42 Å². The van der Waals surface area contributed by atoms with Gasteiger partial charge in [-0.05, 0) is 25.2 Å². The Labute approximate surface area is 126 Å². The Kier molecular flexibility index (Phi) is 7.14. The molecule has 1 saturated heterocycles. The number of carboxylic acid groups (broad SMARTS) is 1. The van der Waals surface area contributed by atoms with Crippen LogP contribution in [0.1, 0.15) is 45.4 Å². The Morgan fingerprint density at radius 3 is 2.52 bits per heavy atom. The number of carbonyl (C=O) groups is 2. The van der Waals surface area contributed by atoms with Crippen LogP contribution < -0.4 is 5.32 Å². The van der Waals surface area contributed by atoms with Gasteiger partial charge in [0.2, 0.25) is 5.91 Å². The van der Waals surface area contributed by atoms with E-state index in [-0.39, 0.29) is 23.8 Å². The van der Waals surface area contributed by atoms with Gasteiger partial charge < -0.3 is 10.4 Å². The molecule has 0 aromatic heterocycles. The van der Waals surface area contributed by atoms with Crippen LogP contribution in [0.5, 0.6) is 0 Å². The van der Waals surface area contributed by atoms with Crippen LogP contribution in [0.15, 0.2) is 0 Å². The van der Waals surface area contributed by atoms with Crippen molar-refractivity contribution in [2.75, 3.05) is 18.1 Å². The third-order valence-electron chi connectivity index (χ3n) is 3.92. The van der Waals surface area contributed by atoms with E-state index in [4.69, 9.17) is 5.11 Å². The van der Waals surface area contributed by atoms with Gasteiger partial charge in [-0.2, -0.15) is 0 Å². The van der Waals surface area contributed by atoms with Crippen LogP contribution in [0.2, 0.25) is 0 Å². The molecule has 0 saturated carbocycles. The molecule has 0 radical (unpaired) electrons. The van der Waals surface area contributed by atoms with Crippen molar-refractivity contribution in [2.24, 2.45) is 11.8 Å². The molecule has 0 aromatic carbocycles. The van der Waals surface area contributed by atoms with E-state index >= 15 is 0 Å². The molecule has 1 aliphatic rings. The maximum atomic E-state index is 11.9. The Morgan fingerprint density at radius 2 is 2.00 bits per heavy atom. The van der Waals surface area contributed by atoms with E-state index in [1.54, 1.807) is 0 Å². The third kappa shape index (κ3) is 6.93. The molecule has 1 amide bonds. The van der Waals surface area contributed by atoms with Gasteiger partial charge >= 0.3 is 5.97 Å². The topological polar surface area (TPSA) is 101 Å². The quantitative estimate of drug-likeness (QED) is 0.665. The molecule has 1 rings (SSSR count). The van der Waals surface area contributed by atoms with Gasteiger partial charge in [0, 0.05) is 13.0 Å². The Bertz CT molecular complexity index is 460. The highest BCUT2D eigenvalue weighted by Gasteiger charge is 2.32. The summed E-state index contributed by atoms with van der Waals surface area (Å²) in [6.07, 6.45) is 3.86. The monoisotopic (exact) mass is 319 g/mol. The number of hydrogen-bond acceptors (Lipinski definition) is 4. The fourth-order valence-electron chi connectivity index (χ4n) is 2.71. The van der Waals surface area contributed by atoms with Crippen LogP contribution in [0.4, 0.5) is 0 Å². The van der Waals surface area contributed by atoms with Crippen molar-refractivity contribution in [1.29, 1.82) is 0 Å². The molecule has 2 atom stereocenters. The molecule has 1 heterocycles. The minimum atomic E-state index is -3.03. The largest absolute Gasteiger partial charge is 0.481 e. The molecule has 6 nitrogen and oxygen atoms in total. The van der Waals surface area contributed by atoms with Gasteiger partial charge in [-0.15, -0.1) is 0 Å². The number of aliphatic carboxylic acids is 1. The first-order valence-electron chi connectivity index (χ1n) is 7.54. The third-order valence-corrected chi connectivity index (χ3v) is 5.69. The highest BCUT2D eigenvalue weighted by molar-refractivity contribution is 7.91. The maximum absolute atomic E-state index is 11.9. The Balaban J connectivity index is 2.29. The number of amides is 1. The van der Waals surface area contributed by atoms with E-state index in [1.165, 1.54) is 0 Å². The molecule has 21 heavy (non-hydrogen) atoms. The summed E-state index contributed by atoms with van der Waals surface area (Å²) in [5, 5.41) is 11.5. The predicted octanol–water partition coefficient (Wildman–Crippen LogP) is 1.21. The van der Waals surface area contributed by atoms with Crippen LogP contribution >= 0.6 is 0 Å². The lowest BCUT2D eigenvalue weighted by molar-refractivity contribution is -0.137. The van der Waals surface area contributed by atoms with Crippen LogP contribution in [0.3, 0.4) is 0 Å². The summed E-state index contributed by atoms with van der Waals surface area (Å²) in [5.41, 5.74) is 0. The minimum absolute atomic E-state index is 0.0454. The second kappa shape index (κ2) is 8.36. The van der Waals surface area contributed by atoms with E-state index in [2.05, 4.69) is 12.2 Å². The highest BCUT2D eigenvalue weighted by Crippen LogP contribution is 2.19. The number of carbonyl (C=O) groups excluding carboxylic acids is 1. The lowest BCUT2D eigenvalue weighted by Gasteiger charge is -2.16. The summed E-state index contributed by atoms with van der Waals surface area (Å²) in [7, 11) is -3.03. The molecule has 0 aromatic rings. The van der Waals surface area contributed by atoms with E-state index in [9.17, 15) is 18.0 Å². The molecule has 2 N–H and O–H groups in total. The van der Waals surface area contributed by atoms with Crippen molar-refractivity contribution in [3.63, 3.8) is 0 Å². The lowest BCUT2D eigenvalue weighted by atomic mass is 9.94. The molecule has 1 fully saturated rings. The van der Waals surface area contributed by atoms with E-state index in [0.29, 0.717) is 25.3 Å². The minimum Gasteiger partial charge on any atom is -0.481 e. The van der Waals surface area contributed by atoms with Gasteiger partial charge in [-0.1, -0.05) is 19.8 Å². The van der Waals surface area contributed by atoms with Crippen molar-refractivity contribution in [1.82, 2.24) is 5.32 Å². The average molecular weight is 319 g/mol. The van der Waals surface area contributed by atoms with Gasteiger partial charge in [0.25, 0.3) is 0 Å². The SMILES string of the molecule is CCCC(CCNC(=O)C1CCS(=O)(=O)C1)CCC(=O)O. The second-order valence-corrected chi connectivity index (χ2v) is 8.00. The fourth-order valence-corrected chi connectivity index (χ4v) is 4.46. The number of hydrogen-bond donors (Lipinski definition) is 2. The van der Waals surface area contributed by atoms with E-state index < -0.39 is 21.7 Å². The smallest absolute Gasteiger partial charge is 0.303 e. The van der Waals surface area contributed by atoms with Crippen LogP contribution in [-0.4, -0.2) is 43.5 Å². The molecule has 1 aliphatic heterocycles. The van der Waals surface area contributed by atoms with Gasteiger partial charge in [0.15, 0.2) is 9.84 Å². The van der Waals surface area contributed by atoms with Crippen molar-refractivity contribution in [3.05, 3.63) is 0 Å². The highest BCUT2D eigenvalue weighted by atomic mass is 32.2. The second-order valence-electron chi connectivity index (χ2n) is 5.77. The molecular formula is C14H25NO5S. The maximum Gasteiger partial charge on any atom is 0.303 e. The summed E-state index contributed by atoms with van der Waals surface area (Å²) < 4.78 is 22.7. The summed E-state index contributed by atoms with van der Waals surface area (Å²) in [6, 6.07) is 0. The van der Waals surface area contributed by atoms with E-state index in [1.807, 2.05) is 0 Å².